The average Bonchev–Trinajstić information content (AvgIpc) is 3.24. The highest BCUT2D eigenvalue weighted by Gasteiger charge is 2.27. The van der Waals surface area contributed by atoms with Crippen molar-refractivity contribution in [2.45, 2.75) is 25.3 Å². The quantitative estimate of drug-likeness (QED) is 0.511. The molecule has 4 N–H and O–H groups in total. The van der Waals surface area contributed by atoms with Crippen molar-refractivity contribution < 1.29 is 19.5 Å². The first kappa shape index (κ1) is 22.6. The molecule has 1 unspecified atom stereocenters. The number of likely N-dealkylation sites (tertiary alicyclic amines) is 1. The first-order chi connectivity index (χ1) is 14.8. The number of aromatic amines is 1. The number of nitrogens with one attached hydrogen (secondary N) is 3. The molecule has 0 aliphatic carbocycles. The van der Waals surface area contributed by atoms with Gasteiger partial charge in [-0.05, 0) is 25.0 Å². The van der Waals surface area contributed by atoms with Gasteiger partial charge >= 0.3 is 17.7 Å². The molecule has 0 saturated carbocycles. The number of anilines is 1. The Hall–Kier alpha value is -3.11. The molecule has 1 aromatic heterocycles. The Kier molecular flexibility index (Phi) is 7.13. The number of benzene rings is 1. The van der Waals surface area contributed by atoms with Gasteiger partial charge in [0.1, 0.15) is 11.9 Å². The van der Waals surface area contributed by atoms with Gasteiger partial charge in [0.25, 0.3) is 5.91 Å². The number of urea groups is 1. The number of rotatable bonds is 6. The van der Waals surface area contributed by atoms with Gasteiger partial charge < -0.3 is 25.6 Å². The van der Waals surface area contributed by atoms with E-state index in [1.807, 2.05) is 0 Å². The van der Waals surface area contributed by atoms with Crippen LogP contribution in [0.1, 0.15) is 28.8 Å². The summed E-state index contributed by atoms with van der Waals surface area (Å²) in [5.41, 5.74) is -0.571. The van der Waals surface area contributed by atoms with Crippen molar-refractivity contribution in [3.05, 3.63) is 56.1 Å². The second-order valence-electron chi connectivity index (χ2n) is 6.87. The van der Waals surface area contributed by atoms with Crippen LogP contribution in [0.3, 0.4) is 0 Å². The van der Waals surface area contributed by atoms with Crippen LogP contribution in [0.2, 0.25) is 10.0 Å². The molecule has 1 atom stereocenters. The predicted molar refractivity (Wildman–Crippen MR) is 114 cm³/mol. The van der Waals surface area contributed by atoms with E-state index in [1.54, 1.807) is 6.07 Å². The van der Waals surface area contributed by atoms with Crippen LogP contribution >= 0.6 is 23.2 Å². The van der Waals surface area contributed by atoms with E-state index in [1.165, 1.54) is 23.2 Å². The molecule has 1 aliphatic heterocycles. The van der Waals surface area contributed by atoms with E-state index >= 15 is 0 Å². The van der Waals surface area contributed by atoms with E-state index in [4.69, 9.17) is 23.2 Å². The topological polar surface area (TPSA) is 144 Å². The molecule has 31 heavy (non-hydrogen) atoms. The predicted octanol–water partition coefficient (Wildman–Crippen LogP) is 2.13. The Morgan fingerprint density at radius 2 is 1.84 bits per heavy atom. The molecule has 0 bridgehead atoms. The summed E-state index contributed by atoms with van der Waals surface area (Å²) in [5.74, 6) is -2.15. The van der Waals surface area contributed by atoms with Gasteiger partial charge in [-0.15, -0.1) is 0 Å². The smallest absolute Gasteiger partial charge is 0.346 e. The maximum Gasteiger partial charge on any atom is 0.346 e. The van der Waals surface area contributed by atoms with E-state index < -0.39 is 29.6 Å². The molecule has 1 saturated heterocycles. The third kappa shape index (κ3) is 5.53. The minimum absolute atomic E-state index is 0.0176. The highest BCUT2D eigenvalue weighted by atomic mass is 35.5. The second-order valence-corrected chi connectivity index (χ2v) is 7.68. The van der Waals surface area contributed by atoms with E-state index in [-0.39, 0.29) is 33.4 Å². The number of amides is 3. The number of carbonyl (C=O) groups is 3. The number of nitrogens with zero attached hydrogens (tertiary/aromatic N) is 2. The zero-order valence-corrected chi connectivity index (χ0v) is 17.7. The normalized spacial score (nSPS) is 14.2. The lowest BCUT2D eigenvalue weighted by molar-refractivity contribution is -0.139. The van der Waals surface area contributed by atoms with Crippen LogP contribution in [0, 0.1) is 0 Å². The zero-order valence-electron chi connectivity index (χ0n) is 16.2. The monoisotopic (exact) mass is 467 g/mol. The van der Waals surface area contributed by atoms with Gasteiger partial charge in [-0.25, -0.2) is 14.4 Å². The molecule has 3 rings (SSSR count). The zero-order chi connectivity index (χ0) is 22.5. The SMILES string of the molecule is O=C(Nc1nc(=O)[nH]cc1CC(NC(=O)N1CCCC1)C(=O)O)c1c(Cl)cccc1Cl. The van der Waals surface area contributed by atoms with Crippen LogP contribution in [0.25, 0.3) is 0 Å². The van der Waals surface area contributed by atoms with Crippen molar-refractivity contribution in [1.29, 1.82) is 0 Å². The summed E-state index contributed by atoms with van der Waals surface area (Å²) in [6, 6.07) is 2.72. The van der Waals surface area contributed by atoms with Gasteiger partial charge in [0.2, 0.25) is 0 Å². The van der Waals surface area contributed by atoms with Crippen molar-refractivity contribution >= 4 is 46.9 Å². The third-order valence-electron chi connectivity index (χ3n) is 4.72. The lowest BCUT2D eigenvalue weighted by Gasteiger charge is -2.21. The van der Waals surface area contributed by atoms with Crippen molar-refractivity contribution in [3.8, 4) is 0 Å². The molecule has 3 amide bonds. The summed E-state index contributed by atoms with van der Waals surface area (Å²) >= 11 is 12.1. The van der Waals surface area contributed by atoms with Gasteiger partial charge in [-0.2, -0.15) is 4.98 Å². The molecule has 1 aromatic carbocycles. The standard InChI is InChI=1S/C19H19Cl2N5O5/c20-11-4-3-5-12(21)14(11)16(27)24-15-10(9-22-18(30)25-15)8-13(17(28)29)23-19(31)26-6-1-2-7-26/h3-5,9,13H,1-2,6-8H2,(H,23,31)(H,28,29)(H2,22,24,25,27,30). The van der Waals surface area contributed by atoms with Gasteiger partial charge in [-0.1, -0.05) is 29.3 Å². The molecule has 0 spiro atoms. The first-order valence-electron chi connectivity index (χ1n) is 9.38. The molecule has 1 fully saturated rings. The van der Waals surface area contributed by atoms with Gasteiger partial charge in [-0.3, -0.25) is 4.79 Å². The van der Waals surface area contributed by atoms with Gasteiger partial charge in [0, 0.05) is 31.3 Å². The summed E-state index contributed by atoms with van der Waals surface area (Å²) < 4.78 is 0. The van der Waals surface area contributed by atoms with E-state index in [0.717, 1.165) is 12.8 Å². The van der Waals surface area contributed by atoms with Crippen molar-refractivity contribution in [1.82, 2.24) is 20.2 Å². The number of hydrogen-bond donors (Lipinski definition) is 4. The van der Waals surface area contributed by atoms with Crippen LogP contribution in [-0.2, 0) is 11.2 Å². The summed E-state index contributed by atoms with van der Waals surface area (Å²) in [5, 5.41) is 14.7. The van der Waals surface area contributed by atoms with Crippen molar-refractivity contribution in [3.63, 3.8) is 0 Å². The Morgan fingerprint density at radius 1 is 1.19 bits per heavy atom. The molecule has 1 aliphatic rings. The Labute approximate surface area is 186 Å². The van der Waals surface area contributed by atoms with Crippen molar-refractivity contribution in [2.75, 3.05) is 18.4 Å². The molecular weight excluding hydrogens is 449 g/mol. The van der Waals surface area contributed by atoms with Gasteiger partial charge in [0.15, 0.2) is 0 Å². The molecule has 164 valence electrons. The number of aliphatic carboxylic acids is 1. The summed E-state index contributed by atoms with van der Waals surface area (Å²) in [6.07, 6.45) is 2.72. The van der Waals surface area contributed by atoms with Crippen LogP contribution in [-0.4, -0.2) is 57.0 Å². The van der Waals surface area contributed by atoms with Crippen LogP contribution in [0.15, 0.2) is 29.2 Å². The fraction of sp³-hybridized carbons (Fsp3) is 0.316. The number of carboxylic acid groups (broad SMARTS) is 1. The van der Waals surface area contributed by atoms with E-state index in [2.05, 4.69) is 20.6 Å². The number of aromatic nitrogens is 2. The minimum atomic E-state index is -1.31. The summed E-state index contributed by atoms with van der Waals surface area (Å²) in [6.45, 7) is 1.11. The van der Waals surface area contributed by atoms with Crippen LogP contribution in [0.5, 0.6) is 0 Å². The number of halogens is 2. The largest absolute Gasteiger partial charge is 0.480 e. The highest BCUT2D eigenvalue weighted by molar-refractivity contribution is 6.40. The molecule has 2 heterocycles. The number of hydrogen-bond acceptors (Lipinski definition) is 5. The summed E-state index contributed by atoms with van der Waals surface area (Å²) in [4.78, 5) is 56.0. The van der Waals surface area contributed by atoms with Gasteiger partial charge in [0.05, 0.1) is 15.6 Å². The molecular formula is C19H19Cl2N5O5. The average molecular weight is 468 g/mol. The van der Waals surface area contributed by atoms with Crippen LogP contribution < -0.4 is 16.3 Å². The molecule has 12 heteroatoms. The molecule has 2 aromatic rings. The fourth-order valence-electron chi connectivity index (χ4n) is 3.15. The molecule has 0 radical (unpaired) electrons. The Balaban J connectivity index is 1.82. The third-order valence-corrected chi connectivity index (χ3v) is 5.35. The van der Waals surface area contributed by atoms with Crippen LogP contribution in [0.4, 0.5) is 10.6 Å². The maximum atomic E-state index is 12.7. The Morgan fingerprint density at radius 3 is 2.45 bits per heavy atom. The minimum Gasteiger partial charge on any atom is -0.480 e. The van der Waals surface area contributed by atoms with Crippen molar-refractivity contribution in [2.24, 2.45) is 0 Å². The Bertz CT molecular complexity index is 1050. The first-order valence-corrected chi connectivity index (χ1v) is 10.1. The van der Waals surface area contributed by atoms with E-state index in [0.29, 0.717) is 13.1 Å². The van der Waals surface area contributed by atoms with E-state index in [9.17, 15) is 24.3 Å². The lowest BCUT2D eigenvalue weighted by atomic mass is 10.1. The number of H-pyrrole nitrogens is 1. The fourth-order valence-corrected chi connectivity index (χ4v) is 3.72. The molecule has 10 nitrogen and oxygen atoms in total. The lowest BCUT2D eigenvalue weighted by Crippen LogP contribution is -2.48. The maximum absolute atomic E-state index is 12.7. The number of carboxylic acids is 1. The number of carbonyl (C=O) groups excluding carboxylic acids is 2. The summed E-state index contributed by atoms with van der Waals surface area (Å²) in [7, 11) is 0. The second kappa shape index (κ2) is 9.80. The highest BCUT2D eigenvalue weighted by Crippen LogP contribution is 2.25.